The highest BCUT2D eigenvalue weighted by Crippen LogP contribution is 2.44. The van der Waals surface area contributed by atoms with E-state index in [0.29, 0.717) is 38.0 Å². The van der Waals surface area contributed by atoms with E-state index >= 15 is 4.39 Å². The van der Waals surface area contributed by atoms with Crippen LogP contribution < -0.4 is 48.6 Å². The van der Waals surface area contributed by atoms with Crippen molar-refractivity contribution in [2.24, 2.45) is 22.9 Å². The molecule has 0 spiro atoms. The number of carbonyl (C=O) groups excluding carboxylic acids is 2. The third-order valence-corrected chi connectivity index (χ3v) is 13.0. The first-order chi connectivity index (χ1) is 31.4. The maximum atomic E-state index is 16.0. The van der Waals surface area contributed by atoms with Gasteiger partial charge in [-0.05, 0) is 45.2 Å². The van der Waals surface area contributed by atoms with Crippen molar-refractivity contribution in [2.45, 2.75) is 143 Å². The zero-order valence-electron chi connectivity index (χ0n) is 36.5. The van der Waals surface area contributed by atoms with Crippen molar-refractivity contribution >= 4 is 28.5 Å². The Morgan fingerprint density at radius 1 is 0.970 bits per heavy atom. The standard InChI is InChI=1S/C41H63FN8O16/c1-15-12-49(8-7-47-15)27-19(42)9-17-26(37(27)61-2)50(16-3-4-16)13-18(28(17)52)39(60)62-14-24-29(53)25(46)31(55)40(64-24)66-36-21(48-38(59)22(51)5-6-43)10-20(45)35(34(36)58)65-41-33(57)32(56)30(54)23(11-44)63-41/h9,13,15-16,20-25,29-36,40-41,47,51,53-58H,3-8,10-12,14,43-46H2,1-2H3,(H,48,59)/t15?,20-,21+,22-,23+,24+,25-,29+,30+,31+,32-,33+,34-,35+,36-,40+,41+/m0/s1. The van der Waals surface area contributed by atoms with E-state index in [-0.39, 0.29) is 54.8 Å². The van der Waals surface area contributed by atoms with E-state index in [1.807, 2.05) is 11.8 Å². The van der Waals surface area contributed by atoms with Gasteiger partial charge >= 0.3 is 5.97 Å². The molecule has 66 heavy (non-hydrogen) atoms. The van der Waals surface area contributed by atoms with Crippen molar-refractivity contribution in [3.05, 3.63) is 33.9 Å². The third-order valence-electron chi connectivity index (χ3n) is 13.0. The molecule has 2 aliphatic carbocycles. The quantitative estimate of drug-likeness (QED) is 0.0739. The largest absolute Gasteiger partial charge is 0.492 e. The molecule has 370 valence electrons. The highest BCUT2D eigenvalue weighted by atomic mass is 19.1. The molecular weight excluding hydrogens is 879 g/mol. The molecule has 17 N–H and O–H groups in total. The molecule has 1 amide bonds. The van der Waals surface area contributed by atoms with Crippen molar-refractivity contribution in [1.82, 2.24) is 15.2 Å². The molecule has 0 bridgehead atoms. The van der Waals surface area contributed by atoms with E-state index in [4.69, 9.17) is 51.4 Å². The van der Waals surface area contributed by atoms with Gasteiger partial charge in [-0.1, -0.05) is 0 Å². The second-order valence-electron chi connectivity index (χ2n) is 17.7. The number of aliphatic hydroxyl groups is 7. The van der Waals surface area contributed by atoms with Gasteiger partial charge in [0.15, 0.2) is 24.1 Å². The number of benzene rings is 1. The van der Waals surface area contributed by atoms with Gasteiger partial charge in [0.2, 0.25) is 11.3 Å². The normalized spacial score (nSPS) is 36.8. The molecule has 2 aromatic rings. The molecular formula is C41H63FN8O16. The molecule has 17 atom stereocenters. The molecule has 25 heteroatoms. The summed E-state index contributed by atoms with van der Waals surface area (Å²) in [6, 6.07) is -2.93. The van der Waals surface area contributed by atoms with Crippen LogP contribution in [0.1, 0.15) is 49.0 Å². The van der Waals surface area contributed by atoms with Gasteiger partial charge in [-0.3, -0.25) is 9.59 Å². The average molecular weight is 943 g/mol. The fraction of sp³-hybridized carbons (Fsp3) is 0.732. The van der Waals surface area contributed by atoms with E-state index < -0.39 is 133 Å². The lowest BCUT2D eigenvalue weighted by Gasteiger charge is -2.49. The number of carbonyl (C=O) groups is 2. The summed E-state index contributed by atoms with van der Waals surface area (Å²) in [4.78, 5) is 42.7. The predicted molar refractivity (Wildman–Crippen MR) is 227 cm³/mol. The Labute approximate surface area is 377 Å². The first-order valence-corrected chi connectivity index (χ1v) is 22.1. The van der Waals surface area contributed by atoms with E-state index in [9.17, 15) is 50.1 Å². The fourth-order valence-electron chi connectivity index (χ4n) is 9.14. The van der Waals surface area contributed by atoms with Crippen LogP contribution in [0.4, 0.5) is 10.1 Å². The zero-order chi connectivity index (χ0) is 47.9. The van der Waals surface area contributed by atoms with Crippen LogP contribution in [0.25, 0.3) is 10.9 Å². The summed E-state index contributed by atoms with van der Waals surface area (Å²) < 4.78 is 52.5. The van der Waals surface area contributed by atoms with Gasteiger partial charge in [-0.15, -0.1) is 0 Å². The van der Waals surface area contributed by atoms with Crippen molar-refractivity contribution in [1.29, 1.82) is 0 Å². The minimum absolute atomic E-state index is 0.0538. The first-order valence-electron chi connectivity index (χ1n) is 22.1. The van der Waals surface area contributed by atoms with Crippen molar-refractivity contribution in [3.63, 3.8) is 0 Å². The summed E-state index contributed by atoms with van der Waals surface area (Å²) >= 11 is 0. The Hall–Kier alpha value is -3.74. The first kappa shape index (κ1) is 50.1. The van der Waals surface area contributed by atoms with Gasteiger partial charge in [0.05, 0.1) is 30.1 Å². The molecule has 1 aromatic heterocycles. The maximum absolute atomic E-state index is 16.0. The predicted octanol–water partition coefficient (Wildman–Crippen LogP) is -5.96. The van der Waals surface area contributed by atoms with Gasteiger partial charge in [0, 0.05) is 50.5 Å². The van der Waals surface area contributed by atoms with Crippen LogP contribution in [0.2, 0.25) is 0 Å². The molecule has 5 aliphatic rings. The zero-order valence-corrected chi connectivity index (χ0v) is 36.5. The molecule has 1 aromatic carbocycles. The lowest BCUT2D eigenvalue weighted by molar-refractivity contribution is -0.332. The number of methoxy groups -OCH3 is 1. The van der Waals surface area contributed by atoms with Crippen LogP contribution in [0.3, 0.4) is 0 Å². The van der Waals surface area contributed by atoms with Gasteiger partial charge in [-0.2, -0.15) is 0 Å². The Morgan fingerprint density at radius 2 is 1.65 bits per heavy atom. The van der Waals surface area contributed by atoms with Crippen LogP contribution in [0, 0.1) is 5.82 Å². The number of hydrogen-bond acceptors (Lipinski definition) is 22. The number of piperazine rings is 1. The van der Waals surface area contributed by atoms with E-state index in [1.54, 1.807) is 4.57 Å². The maximum Gasteiger partial charge on any atom is 0.343 e. The van der Waals surface area contributed by atoms with Gasteiger partial charge in [0.1, 0.15) is 85.0 Å². The highest BCUT2D eigenvalue weighted by Gasteiger charge is 2.53. The SMILES string of the molecule is COc1c(N2CCNC(C)C2)c(F)cc2c(=O)c(C(=O)OC[C@H]3O[C@H](O[C@@H]4[C@@H](O)[C@H](O[C@H]5O[C@H](CN)[C@@H](O)[C@H](O)[C@H]5O)[C@@H](N)C[C@H]4NC(=O)[C@@H](O)CCN)[C@H](O)[C@@H](N)[C@@H]3O)cn(C3CC3)c12. The van der Waals surface area contributed by atoms with Crippen LogP contribution >= 0.6 is 0 Å². The van der Waals surface area contributed by atoms with Crippen LogP contribution in [-0.2, 0) is 28.5 Å². The molecule has 7 rings (SSSR count). The van der Waals surface area contributed by atoms with Crippen LogP contribution in [0.15, 0.2) is 17.1 Å². The number of hydrogen-bond donors (Lipinski definition) is 13. The van der Waals surface area contributed by atoms with Gasteiger partial charge in [-0.25, -0.2) is 9.18 Å². The minimum atomic E-state index is -1.86. The molecule has 2 saturated carbocycles. The number of rotatable bonds is 15. The molecule has 4 heterocycles. The monoisotopic (exact) mass is 942 g/mol. The summed E-state index contributed by atoms with van der Waals surface area (Å²) in [5, 5.41) is 81.7. The van der Waals surface area contributed by atoms with Crippen LogP contribution in [-0.4, -0.2) is 203 Å². The Morgan fingerprint density at radius 3 is 2.30 bits per heavy atom. The van der Waals surface area contributed by atoms with Crippen molar-refractivity contribution in [2.75, 3.05) is 51.3 Å². The third kappa shape index (κ3) is 10.0. The number of pyridine rings is 1. The summed E-state index contributed by atoms with van der Waals surface area (Å²) in [5.41, 5.74) is 23.0. The van der Waals surface area contributed by atoms with Crippen molar-refractivity contribution < 1.29 is 78.1 Å². The number of aromatic nitrogens is 1. The summed E-state index contributed by atoms with van der Waals surface area (Å²) in [6.45, 7) is 2.43. The number of nitrogens with one attached hydrogen (secondary N) is 2. The van der Waals surface area contributed by atoms with Gasteiger partial charge < -0.3 is 107 Å². The fourth-order valence-corrected chi connectivity index (χ4v) is 9.14. The van der Waals surface area contributed by atoms with Gasteiger partial charge in [0.25, 0.3) is 0 Å². The lowest BCUT2D eigenvalue weighted by atomic mass is 9.83. The second kappa shape index (κ2) is 20.9. The van der Waals surface area contributed by atoms with E-state index in [0.717, 1.165) is 6.07 Å². The van der Waals surface area contributed by atoms with Crippen molar-refractivity contribution in [3.8, 4) is 5.75 Å². The van der Waals surface area contributed by atoms with E-state index in [1.165, 1.54) is 13.3 Å². The van der Waals surface area contributed by atoms with Crippen LogP contribution in [0.5, 0.6) is 5.75 Å². The number of ether oxygens (including phenoxy) is 6. The number of nitrogens with two attached hydrogens (primary N) is 4. The molecule has 1 unspecified atom stereocenters. The molecule has 0 radical (unpaired) electrons. The average Bonchev–Trinajstić information content (AvgIpc) is 4.14. The molecule has 5 fully saturated rings. The summed E-state index contributed by atoms with van der Waals surface area (Å²) in [5.74, 6) is -2.64. The summed E-state index contributed by atoms with van der Waals surface area (Å²) in [7, 11) is 1.38. The Balaban J connectivity index is 1.12. The number of halogens is 1. The Kier molecular flexibility index (Phi) is 15.9. The second-order valence-corrected chi connectivity index (χ2v) is 17.7. The molecule has 24 nitrogen and oxygen atoms in total. The number of amides is 1. The molecule has 3 aliphatic heterocycles. The van der Waals surface area contributed by atoms with E-state index in [2.05, 4.69) is 10.6 Å². The number of esters is 1. The number of nitrogens with zero attached hydrogens (tertiary/aromatic N) is 2. The highest BCUT2D eigenvalue weighted by molar-refractivity contribution is 5.97. The molecule has 3 saturated heterocycles. The smallest absolute Gasteiger partial charge is 0.343 e. The Bertz CT molecular complexity index is 2100. The minimum Gasteiger partial charge on any atom is -0.492 e. The lowest BCUT2D eigenvalue weighted by Crippen LogP contribution is -2.69. The number of anilines is 1. The number of fused-ring (bicyclic) bond motifs is 1. The summed E-state index contributed by atoms with van der Waals surface area (Å²) in [6.07, 6.45) is -19.2. The topological polar surface area (TPSA) is 385 Å². The number of aliphatic hydroxyl groups excluding tert-OH is 7.